The summed E-state index contributed by atoms with van der Waals surface area (Å²) in [5, 5.41) is 18.1. The Kier molecular flexibility index (Phi) is 4.18. The van der Waals surface area contributed by atoms with Gasteiger partial charge in [0.2, 0.25) is 0 Å². The number of carbonyl (C=O) groups is 1. The normalized spacial score (nSPS) is 9.80. The minimum absolute atomic E-state index is 0.106. The number of hydrogen-bond acceptors (Lipinski definition) is 4. The Balaban J connectivity index is 2.11. The number of hydrogen-bond donors (Lipinski definition) is 1. The lowest BCUT2D eigenvalue weighted by Gasteiger charge is -2.08. The third-order valence-electron chi connectivity index (χ3n) is 2.53. The fourth-order valence-corrected chi connectivity index (χ4v) is 1.73. The van der Waals surface area contributed by atoms with Gasteiger partial charge >= 0.3 is 5.97 Å². The molecule has 0 atom stereocenters. The molecular formula is C14H9ClN2O3. The van der Waals surface area contributed by atoms with Gasteiger partial charge in [-0.2, -0.15) is 5.26 Å². The molecule has 0 bridgehead atoms. The summed E-state index contributed by atoms with van der Waals surface area (Å²) in [6, 6.07) is 9.89. The van der Waals surface area contributed by atoms with Crippen molar-refractivity contribution in [3.63, 3.8) is 0 Å². The largest absolute Gasteiger partial charge is 0.486 e. The van der Waals surface area contributed by atoms with Crippen LogP contribution in [0.15, 0.2) is 36.5 Å². The van der Waals surface area contributed by atoms with Crippen molar-refractivity contribution in [2.75, 3.05) is 0 Å². The predicted molar refractivity (Wildman–Crippen MR) is 71.7 cm³/mol. The quantitative estimate of drug-likeness (QED) is 0.935. The zero-order chi connectivity index (χ0) is 14.5. The Bertz CT molecular complexity index is 678. The Labute approximate surface area is 120 Å². The van der Waals surface area contributed by atoms with Crippen LogP contribution in [0.3, 0.4) is 0 Å². The van der Waals surface area contributed by atoms with E-state index in [1.54, 1.807) is 24.3 Å². The number of pyridine rings is 1. The minimum Gasteiger partial charge on any atom is -0.486 e. The van der Waals surface area contributed by atoms with E-state index in [1.165, 1.54) is 12.3 Å². The summed E-state index contributed by atoms with van der Waals surface area (Å²) in [7, 11) is 0. The van der Waals surface area contributed by atoms with Crippen LogP contribution < -0.4 is 4.74 Å². The van der Waals surface area contributed by atoms with Crippen LogP contribution in [0, 0.1) is 11.3 Å². The summed E-state index contributed by atoms with van der Waals surface area (Å²) in [5.41, 5.74) is 0.921. The molecule has 100 valence electrons. The van der Waals surface area contributed by atoms with Gasteiger partial charge in [0.15, 0.2) is 0 Å². The van der Waals surface area contributed by atoms with Crippen molar-refractivity contribution in [2.24, 2.45) is 0 Å². The molecule has 2 rings (SSSR count). The molecule has 0 amide bonds. The number of nitrogens with zero attached hydrogens (tertiary/aromatic N) is 2. The van der Waals surface area contributed by atoms with Gasteiger partial charge < -0.3 is 9.84 Å². The van der Waals surface area contributed by atoms with Crippen LogP contribution in [-0.2, 0) is 6.61 Å². The number of benzene rings is 1. The lowest BCUT2D eigenvalue weighted by atomic mass is 10.2. The lowest BCUT2D eigenvalue weighted by Crippen LogP contribution is -2.02. The van der Waals surface area contributed by atoms with E-state index in [1.807, 2.05) is 6.07 Å². The second kappa shape index (κ2) is 6.04. The maximum absolute atomic E-state index is 10.7. The second-order valence-corrected chi connectivity index (χ2v) is 4.26. The first-order valence-electron chi connectivity index (χ1n) is 5.61. The van der Waals surface area contributed by atoms with E-state index in [2.05, 4.69) is 4.98 Å². The number of rotatable bonds is 4. The van der Waals surface area contributed by atoms with Crippen molar-refractivity contribution in [3.8, 4) is 11.8 Å². The molecule has 0 spiro atoms. The van der Waals surface area contributed by atoms with Gasteiger partial charge in [0.05, 0.1) is 16.3 Å². The third kappa shape index (κ3) is 3.05. The van der Waals surface area contributed by atoms with Crippen LogP contribution in [-0.4, -0.2) is 16.1 Å². The molecule has 0 aliphatic carbocycles. The highest BCUT2D eigenvalue weighted by Gasteiger charge is 2.08. The van der Waals surface area contributed by atoms with E-state index in [0.717, 1.165) is 0 Å². The van der Waals surface area contributed by atoms with Gasteiger partial charge in [0, 0.05) is 6.20 Å². The molecule has 1 aromatic heterocycles. The standard InChI is InChI=1S/C14H9ClN2O3/c15-12-2-1-3-13(11(12)6-16)20-8-10-5-4-9(7-17-10)14(18)19/h1-5,7H,8H2,(H,18,19). The molecule has 2 aromatic rings. The Morgan fingerprint density at radius 1 is 1.40 bits per heavy atom. The second-order valence-electron chi connectivity index (χ2n) is 3.86. The Morgan fingerprint density at radius 3 is 2.80 bits per heavy atom. The van der Waals surface area contributed by atoms with Crippen molar-refractivity contribution >= 4 is 17.6 Å². The summed E-state index contributed by atoms with van der Waals surface area (Å²) in [6.45, 7) is 0.120. The zero-order valence-electron chi connectivity index (χ0n) is 10.2. The number of aromatic nitrogens is 1. The number of nitriles is 1. The molecule has 0 saturated carbocycles. The van der Waals surface area contributed by atoms with Crippen LogP contribution in [0.4, 0.5) is 0 Å². The SMILES string of the molecule is N#Cc1c(Cl)cccc1OCc1ccc(C(=O)O)cn1. The highest BCUT2D eigenvalue weighted by atomic mass is 35.5. The third-order valence-corrected chi connectivity index (χ3v) is 2.85. The molecule has 0 radical (unpaired) electrons. The first-order valence-corrected chi connectivity index (χ1v) is 5.99. The Hall–Kier alpha value is -2.58. The fraction of sp³-hybridized carbons (Fsp3) is 0.0714. The van der Waals surface area contributed by atoms with Crippen LogP contribution in [0.5, 0.6) is 5.75 Å². The summed E-state index contributed by atoms with van der Waals surface area (Å²) in [6.07, 6.45) is 1.25. The van der Waals surface area contributed by atoms with Gasteiger partial charge in [-0.1, -0.05) is 17.7 Å². The zero-order valence-corrected chi connectivity index (χ0v) is 11.0. The molecule has 0 aliphatic heterocycles. The van der Waals surface area contributed by atoms with Crippen LogP contribution in [0.25, 0.3) is 0 Å². The van der Waals surface area contributed by atoms with Gasteiger partial charge in [-0.15, -0.1) is 0 Å². The average Bonchev–Trinajstić information content (AvgIpc) is 2.45. The Morgan fingerprint density at radius 2 is 2.20 bits per heavy atom. The molecule has 20 heavy (non-hydrogen) atoms. The van der Waals surface area contributed by atoms with Crippen LogP contribution in [0.2, 0.25) is 5.02 Å². The molecule has 1 N–H and O–H groups in total. The van der Waals surface area contributed by atoms with E-state index in [0.29, 0.717) is 16.5 Å². The van der Waals surface area contributed by atoms with Gasteiger partial charge in [0.1, 0.15) is 24.0 Å². The van der Waals surface area contributed by atoms with Crippen molar-refractivity contribution in [1.29, 1.82) is 5.26 Å². The maximum Gasteiger partial charge on any atom is 0.337 e. The molecule has 0 saturated heterocycles. The number of aromatic carboxylic acids is 1. The van der Waals surface area contributed by atoms with Gasteiger partial charge in [-0.3, -0.25) is 4.98 Å². The molecule has 0 unspecified atom stereocenters. The van der Waals surface area contributed by atoms with Crippen molar-refractivity contribution in [2.45, 2.75) is 6.61 Å². The molecule has 6 heteroatoms. The van der Waals surface area contributed by atoms with E-state index in [-0.39, 0.29) is 17.7 Å². The number of carboxylic acid groups (broad SMARTS) is 1. The van der Waals surface area contributed by atoms with Crippen LogP contribution in [0.1, 0.15) is 21.6 Å². The fourth-order valence-electron chi connectivity index (χ4n) is 1.52. The smallest absolute Gasteiger partial charge is 0.337 e. The van der Waals surface area contributed by atoms with E-state index < -0.39 is 5.97 Å². The minimum atomic E-state index is -1.04. The van der Waals surface area contributed by atoms with E-state index >= 15 is 0 Å². The molecule has 5 nitrogen and oxygen atoms in total. The highest BCUT2D eigenvalue weighted by Crippen LogP contribution is 2.25. The van der Waals surface area contributed by atoms with Crippen LogP contribution >= 0.6 is 11.6 Å². The molecule has 0 fully saturated rings. The van der Waals surface area contributed by atoms with Gasteiger partial charge in [0.25, 0.3) is 0 Å². The maximum atomic E-state index is 10.7. The lowest BCUT2D eigenvalue weighted by molar-refractivity contribution is 0.0696. The molecule has 1 heterocycles. The number of halogens is 1. The topological polar surface area (TPSA) is 83.2 Å². The summed E-state index contributed by atoms with van der Waals surface area (Å²) in [5.74, 6) is -0.671. The first kappa shape index (κ1) is 13.8. The van der Waals surface area contributed by atoms with Crippen molar-refractivity contribution in [1.82, 2.24) is 4.98 Å². The summed E-state index contributed by atoms with van der Waals surface area (Å²) < 4.78 is 5.48. The van der Waals surface area contributed by atoms with Crippen molar-refractivity contribution < 1.29 is 14.6 Å². The monoisotopic (exact) mass is 288 g/mol. The average molecular weight is 289 g/mol. The summed E-state index contributed by atoms with van der Waals surface area (Å²) >= 11 is 5.88. The van der Waals surface area contributed by atoms with E-state index in [9.17, 15) is 4.79 Å². The van der Waals surface area contributed by atoms with Crippen molar-refractivity contribution in [3.05, 3.63) is 58.4 Å². The molecule has 1 aromatic carbocycles. The molecular weight excluding hydrogens is 280 g/mol. The summed E-state index contributed by atoms with van der Waals surface area (Å²) in [4.78, 5) is 14.7. The molecule has 0 aliphatic rings. The van der Waals surface area contributed by atoms with Gasteiger partial charge in [-0.25, -0.2) is 4.79 Å². The number of ether oxygens (including phenoxy) is 1. The van der Waals surface area contributed by atoms with E-state index in [4.69, 9.17) is 26.7 Å². The predicted octanol–water partition coefficient (Wildman–Crippen LogP) is 2.88. The number of carboxylic acids is 1. The first-order chi connectivity index (χ1) is 9.61. The highest BCUT2D eigenvalue weighted by molar-refractivity contribution is 6.31. The van der Waals surface area contributed by atoms with Gasteiger partial charge in [-0.05, 0) is 24.3 Å².